The van der Waals surface area contributed by atoms with E-state index < -0.39 is 0 Å². The van der Waals surface area contributed by atoms with Gasteiger partial charge >= 0.3 is 0 Å². The molecule has 2 atom stereocenters. The van der Waals surface area contributed by atoms with E-state index in [2.05, 4.69) is 26.7 Å². The molecule has 0 aromatic heterocycles. The Morgan fingerprint density at radius 3 is 2.27 bits per heavy atom. The van der Waals surface area contributed by atoms with Crippen molar-refractivity contribution in [1.29, 1.82) is 0 Å². The van der Waals surface area contributed by atoms with Gasteiger partial charge in [-0.3, -0.25) is 0 Å². The van der Waals surface area contributed by atoms with Crippen LogP contribution in [0, 0.1) is 0 Å². The first kappa shape index (κ1) is 17.3. The molecule has 0 heterocycles. The highest BCUT2D eigenvalue weighted by atomic mass is 32.2. The number of halogens is 1. The van der Waals surface area contributed by atoms with Crippen LogP contribution >= 0.6 is 21.4 Å². The first-order valence-electron chi connectivity index (χ1n) is 7.21. The van der Waals surface area contributed by atoms with Crippen molar-refractivity contribution in [3.05, 3.63) is 59.7 Å². The van der Waals surface area contributed by atoms with Crippen molar-refractivity contribution >= 4 is 21.4 Å². The number of hydrogen-bond acceptors (Lipinski definition) is 3. The van der Waals surface area contributed by atoms with E-state index in [0.29, 0.717) is 4.90 Å². The number of hydrogen-bond donors (Lipinski definition) is 1. The van der Waals surface area contributed by atoms with Gasteiger partial charge in [-0.2, -0.15) is 3.89 Å². The van der Waals surface area contributed by atoms with Gasteiger partial charge in [-0.1, -0.05) is 24.3 Å². The minimum absolute atomic E-state index is 0.156. The highest BCUT2D eigenvalue weighted by Crippen LogP contribution is 2.24. The minimum Gasteiger partial charge on any atom is -0.491 e. The topological polar surface area (TPSA) is 21.3 Å². The summed E-state index contributed by atoms with van der Waals surface area (Å²) in [5.74, 6) is 1.04. The highest BCUT2D eigenvalue weighted by molar-refractivity contribution is 7.94. The second-order valence-electron chi connectivity index (χ2n) is 5.32. The quantitative estimate of drug-likeness (QED) is 0.709. The van der Waals surface area contributed by atoms with Crippen LogP contribution in [0.2, 0.25) is 0 Å². The van der Waals surface area contributed by atoms with Crippen molar-refractivity contribution in [2.75, 3.05) is 0 Å². The Kier molecular flexibility index (Phi) is 6.69. The molecule has 118 valence electrons. The number of ether oxygens (including phenoxy) is 1. The zero-order chi connectivity index (χ0) is 15.9. The molecule has 2 nitrogen and oxygen atoms in total. The normalized spacial score (nSPS) is 12.4. The standard InChI is InChI=1S/C17H21FNOPS/c1-12(2)20-15-7-5-14(6-8-15)17(21)19-11-13-3-9-16(22-18)10-4-13/h3-10,12,17,19H,11,21H2,1-2H3. The van der Waals surface area contributed by atoms with Crippen LogP contribution in [0.5, 0.6) is 5.75 Å². The van der Waals surface area contributed by atoms with Crippen LogP contribution < -0.4 is 10.1 Å². The van der Waals surface area contributed by atoms with Crippen molar-refractivity contribution in [3.8, 4) is 5.75 Å². The summed E-state index contributed by atoms with van der Waals surface area (Å²) in [7, 11) is 2.80. The summed E-state index contributed by atoms with van der Waals surface area (Å²) >= 11 is 0.268. The molecule has 0 aliphatic rings. The van der Waals surface area contributed by atoms with E-state index >= 15 is 0 Å². The molecule has 0 amide bonds. The summed E-state index contributed by atoms with van der Waals surface area (Å²) in [5.41, 5.74) is 2.31. The molecule has 5 heteroatoms. The van der Waals surface area contributed by atoms with E-state index in [0.717, 1.165) is 17.9 Å². The van der Waals surface area contributed by atoms with Gasteiger partial charge in [-0.25, -0.2) is 0 Å². The van der Waals surface area contributed by atoms with E-state index in [1.807, 2.05) is 38.1 Å². The van der Waals surface area contributed by atoms with Gasteiger partial charge in [-0.05, 0) is 49.2 Å². The summed E-state index contributed by atoms with van der Waals surface area (Å²) < 4.78 is 18.0. The zero-order valence-corrected chi connectivity index (χ0v) is 14.7. The summed E-state index contributed by atoms with van der Waals surface area (Å²) in [6.45, 7) is 4.76. The number of rotatable bonds is 7. The molecule has 2 unspecified atom stereocenters. The van der Waals surface area contributed by atoms with Crippen molar-refractivity contribution in [2.45, 2.75) is 37.2 Å². The Hall–Kier alpha value is -1.09. The van der Waals surface area contributed by atoms with Gasteiger partial charge in [0.05, 0.1) is 18.3 Å². The molecule has 1 N–H and O–H groups in total. The van der Waals surface area contributed by atoms with Crippen LogP contribution in [-0.4, -0.2) is 6.10 Å². The van der Waals surface area contributed by atoms with E-state index in [4.69, 9.17) is 4.74 Å². The van der Waals surface area contributed by atoms with Gasteiger partial charge in [0.1, 0.15) is 5.75 Å². The van der Waals surface area contributed by atoms with Crippen molar-refractivity contribution in [3.63, 3.8) is 0 Å². The molecule has 2 rings (SSSR count). The Labute approximate surface area is 138 Å². The SMILES string of the molecule is CC(C)Oc1ccc(C(P)NCc2ccc(SF)cc2)cc1. The molecular weight excluding hydrogens is 316 g/mol. The Morgan fingerprint density at radius 2 is 1.73 bits per heavy atom. The average Bonchev–Trinajstić information content (AvgIpc) is 2.53. The van der Waals surface area contributed by atoms with Crippen LogP contribution in [0.3, 0.4) is 0 Å². The van der Waals surface area contributed by atoms with Gasteiger partial charge < -0.3 is 10.1 Å². The fourth-order valence-electron chi connectivity index (χ4n) is 2.03. The first-order chi connectivity index (χ1) is 10.6. The molecule has 22 heavy (non-hydrogen) atoms. The zero-order valence-electron chi connectivity index (χ0n) is 12.8. The molecule has 0 aliphatic heterocycles. The third-order valence-electron chi connectivity index (χ3n) is 3.15. The fourth-order valence-corrected chi connectivity index (χ4v) is 2.61. The second kappa shape index (κ2) is 8.52. The highest BCUT2D eigenvalue weighted by Gasteiger charge is 2.06. The van der Waals surface area contributed by atoms with E-state index in [1.165, 1.54) is 5.56 Å². The largest absolute Gasteiger partial charge is 0.491 e. The summed E-state index contributed by atoms with van der Waals surface area (Å²) in [5, 5.41) is 3.43. The Morgan fingerprint density at radius 1 is 1.09 bits per heavy atom. The van der Waals surface area contributed by atoms with Crippen LogP contribution in [0.25, 0.3) is 0 Å². The lowest BCUT2D eigenvalue weighted by Gasteiger charge is -2.16. The second-order valence-corrected chi connectivity index (χ2v) is 6.61. The van der Waals surface area contributed by atoms with Crippen LogP contribution in [0.1, 0.15) is 30.8 Å². The van der Waals surface area contributed by atoms with Crippen molar-refractivity contribution in [1.82, 2.24) is 5.32 Å². The summed E-state index contributed by atoms with van der Waals surface area (Å²) in [6, 6.07) is 15.5. The maximum Gasteiger partial charge on any atom is 0.119 e. The minimum atomic E-state index is 0.156. The first-order valence-corrected chi connectivity index (χ1v) is 8.60. The van der Waals surface area contributed by atoms with Gasteiger partial charge in [0, 0.05) is 17.2 Å². The third kappa shape index (κ3) is 5.28. The molecule has 0 saturated carbocycles. The summed E-state index contributed by atoms with van der Waals surface area (Å²) in [6.07, 6.45) is 0.182. The lowest BCUT2D eigenvalue weighted by molar-refractivity contribution is 0.242. The fraction of sp³-hybridized carbons (Fsp3) is 0.294. The van der Waals surface area contributed by atoms with E-state index in [9.17, 15) is 3.89 Å². The van der Waals surface area contributed by atoms with E-state index in [-0.39, 0.29) is 24.0 Å². The molecule has 2 aromatic rings. The molecule has 0 radical (unpaired) electrons. The van der Waals surface area contributed by atoms with Crippen molar-refractivity contribution in [2.24, 2.45) is 0 Å². The number of nitrogens with one attached hydrogen (secondary N) is 1. The predicted octanol–water partition coefficient (Wildman–Crippen LogP) is 5.11. The Balaban J connectivity index is 1.89. The molecule has 0 fully saturated rings. The lowest BCUT2D eigenvalue weighted by atomic mass is 10.2. The smallest absolute Gasteiger partial charge is 0.119 e. The van der Waals surface area contributed by atoms with Crippen LogP contribution in [0.4, 0.5) is 3.89 Å². The summed E-state index contributed by atoms with van der Waals surface area (Å²) in [4.78, 5) is 0.631. The third-order valence-corrected chi connectivity index (χ3v) is 4.22. The molecular formula is C17H21FNOPS. The van der Waals surface area contributed by atoms with E-state index in [1.54, 1.807) is 12.1 Å². The van der Waals surface area contributed by atoms with Gasteiger partial charge in [0.15, 0.2) is 0 Å². The maximum atomic E-state index is 12.4. The van der Waals surface area contributed by atoms with Crippen LogP contribution in [-0.2, 0) is 6.54 Å². The van der Waals surface area contributed by atoms with Gasteiger partial charge in [0.2, 0.25) is 0 Å². The maximum absolute atomic E-state index is 12.4. The molecule has 0 bridgehead atoms. The predicted molar refractivity (Wildman–Crippen MR) is 94.9 cm³/mol. The van der Waals surface area contributed by atoms with Gasteiger partial charge in [-0.15, -0.1) is 9.24 Å². The van der Waals surface area contributed by atoms with Crippen molar-refractivity contribution < 1.29 is 8.62 Å². The lowest BCUT2D eigenvalue weighted by Crippen LogP contribution is -2.15. The molecule has 0 spiro atoms. The Bertz CT molecular complexity index is 574. The molecule has 2 aromatic carbocycles. The van der Waals surface area contributed by atoms with Crippen LogP contribution in [0.15, 0.2) is 53.4 Å². The average molecular weight is 337 g/mol. The van der Waals surface area contributed by atoms with Gasteiger partial charge in [0.25, 0.3) is 0 Å². The molecule has 0 saturated heterocycles. The molecule has 0 aliphatic carbocycles. The number of benzene rings is 2. The monoisotopic (exact) mass is 337 g/mol.